The highest BCUT2D eigenvalue weighted by Gasteiger charge is 2.48. The molecule has 2 aromatic rings. The largest absolute Gasteiger partial charge is 0.375 e. The van der Waals surface area contributed by atoms with E-state index < -0.39 is 29.9 Å². The Morgan fingerprint density at radius 2 is 1.90 bits per heavy atom. The second-order valence-electron chi connectivity index (χ2n) is 6.21. The lowest BCUT2D eigenvalue weighted by molar-refractivity contribution is -0.157. The molecule has 1 aromatic heterocycles. The maximum absolute atomic E-state index is 13.4. The lowest BCUT2D eigenvalue weighted by atomic mass is 9.95. The summed E-state index contributed by atoms with van der Waals surface area (Å²) in [4.78, 5) is 28.8. The SMILES string of the molecule is COC(C)(C(F)F)[C@H](NC(=O)c1ccc(C#CC#Cc2cnc(N)s2)cc1)C(=O)NO. The second kappa shape index (κ2) is 10.5. The molecule has 0 saturated carbocycles. The molecule has 0 saturated heterocycles. The Morgan fingerprint density at radius 3 is 2.42 bits per heavy atom. The summed E-state index contributed by atoms with van der Waals surface area (Å²) in [7, 11) is 0.968. The Kier molecular flexibility index (Phi) is 8.05. The first kappa shape index (κ1) is 23.8. The van der Waals surface area contributed by atoms with Crippen molar-refractivity contribution in [3.63, 3.8) is 0 Å². The minimum atomic E-state index is -3.12. The Balaban J connectivity index is 2.13. The van der Waals surface area contributed by atoms with E-state index in [1.54, 1.807) is 0 Å². The minimum Gasteiger partial charge on any atom is -0.375 e. The average Bonchev–Trinajstić information content (AvgIpc) is 3.19. The van der Waals surface area contributed by atoms with Crippen LogP contribution in [0.15, 0.2) is 30.5 Å². The van der Waals surface area contributed by atoms with Crippen LogP contribution in [0.3, 0.4) is 0 Å². The molecule has 162 valence electrons. The number of hydroxylamine groups is 1. The van der Waals surface area contributed by atoms with Gasteiger partial charge in [0, 0.05) is 18.2 Å². The molecule has 1 aromatic carbocycles. The lowest BCUT2D eigenvalue weighted by Crippen LogP contribution is -2.62. The van der Waals surface area contributed by atoms with Crippen LogP contribution in [0.2, 0.25) is 0 Å². The van der Waals surface area contributed by atoms with Gasteiger partial charge in [0.15, 0.2) is 10.7 Å². The van der Waals surface area contributed by atoms with Gasteiger partial charge in [0.25, 0.3) is 18.2 Å². The number of anilines is 1. The predicted octanol–water partition coefficient (Wildman–Crippen LogP) is 1.40. The molecule has 5 N–H and O–H groups in total. The number of carbonyl (C=O) groups excluding carboxylic acids is 2. The quantitative estimate of drug-likeness (QED) is 0.301. The summed E-state index contributed by atoms with van der Waals surface area (Å²) in [6.45, 7) is 0.943. The van der Waals surface area contributed by atoms with Crippen LogP contribution in [-0.2, 0) is 9.53 Å². The molecule has 0 aliphatic heterocycles. The fourth-order valence-corrected chi connectivity index (χ4v) is 2.87. The van der Waals surface area contributed by atoms with Crippen molar-refractivity contribution in [3.05, 3.63) is 46.5 Å². The molecule has 2 atom stereocenters. The van der Waals surface area contributed by atoms with Crippen LogP contribution >= 0.6 is 11.3 Å². The van der Waals surface area contributed by atoms with Crippen LogP contribution in [0.1, 0.15) is 27.7 Å². The van der Waals surface area contributed by atoms with Crippen molar-refractivity contribution in [2.75, 3.05) is 12.8 Å². The predicted molar refractivity (Wildman–Crippen MR) is 109 cm³/mol. The molecular formula is C20H18F2N4O4S. The summed E-state index contributed by atoms with van der Waals surface area (Å²) < 4.78 is 31.6. The first-order valence-electron chi connectivity index (χ1n) is 8.62. The number of nitrogens with zero attached hydrogens (tertiary/aromatic N) is 1. The van der Waals surface area contributed by atoms with Gasteiger partial charge >= 0.3 is 0 Å². The summed E-state index contributed by atoms with van der Waals surface area (Å²) in [5.41, 5.74) is 5.03. The lowest BCUT2D eigenvalue weighted by Gasteiger charge is -2.34. The molecule has 0 bridgehead atoms. The maximum atomic E-state index is 13.4. The topological polar surface area (TPSA) is 127 Å². The van der Waals surface area contributed by atoms with Gasteiger partial charge in [-0.3, -0.25) is 14.8 Å². The molecule has 0 fully saturated rings. The van der Waals surface area contributed by atoms with E-state index in [2.05, 4.69) is 34.0 Å². The van der Waals surface area contributed by atoms with Crippen LogP contribution in [-0.4, -0.2) is 47.2 Å². The third-order valence-corrected chi connectivity index (χ3v) is 4.96. The molecule has 0 spiro atoms. The van der Waals surface area contributed by atoms with Crippen molar-refractivity contribution in [1.29, 1.82) is 0 Å². The molecule has 2 amide bonds. The van der Waals surface area contributed by atoms with Crippen LogP contribution in [0.4, 0.5) is 13.9 Å². The summed E-state index contributed by atoms with van der Waals surface area (Å²) in [6, 6.07) is 4.00. The molecule has 0 radical (unpaired) electrons. The number of benzene rings is 1. The number of hydrogen-bond donors (Lipinski definition) is 4. The molecule has 11 heteroatoms. The van der Waals surface area contributed by atoms with Crippen molar-refractivity contribution in [2.45, 2.75) is 25.0 Å². The number of nitrogens with two attached hydrogens (primary N) is 1. The summed E-state index contributed by atoms with van der Waals surface area (Å²) in [6.07, 6.45) is -1.59. The average molecular weight is 448 g/mol. The number of nitrogen functional groups attached to an aromatic ring is 1. The number of methoxy groups -OCH3 is 1. The van der Waals surface area contributed by atoms with Crippen molar-refractivity contribution in [2.24, 2.45) is 0 Å². The van der Waals surface area contributed by atoms with Crippen molar-refractivity contribution in [1.82, 2.24) is 15.8 Å². The number of amides is 2. The van der Waals surface area contributed by atoms with Crippen molar-refractivity contribution >= 4 is 28.3 Å². The fraction of sp³-hybridized carbons (Fsp3) is 0.250. The van der Waals surface area contributed by atoms with Gasteiger partial charge in [-0.1, -0.05) is 17.3 Å². The molecule has 31 heavy (non-hydrogen) atoms. The van der Waals surface area contributed by atoms with E-state index in [4.69, 9.17) is 15.7 Å². The van der Waals surface area contributed by atoms with Gasteiger partial charge in [0.1, 0.15) is 6.04 Å². The van der Waals surface area contributed by atoms with Crippen LogP contribution in [0.5, 0.6) is 0 Å². The number of alkyl halides is 2. The number of aromatic nitrogens is 1. The smallest absolute Gasteiger partial charge is 0.269 e. The van der Waals surface area contributed by atoms with E-state index in [0.29, 0.717) is 15.6 Å². The summed E-state index contributed by atoms with van der Waals surface area (Å²) in [5, 5.41) is 11.4. The van der Waals surface area contributed by atoms with Crippen molar-refractivity contribution in [3.8, 4) is 23.7 Å². The number of hydrogen-bond acceptors (Lipinski definition) is 7. The van der Waals surface area contributed by atoms with Gasteiger partial charge in [0.2, 0.25) is 0 Å². The van der Waals surface area contributed by atoms with E-state index in [1.807, 2.05) is 0 Å². The Hall–Kier alpha value is -3.51. The zero-order valence-electron chi connectivity index (χ0n) is 16.4. The first-order chi connectivity index (χ1) is 14.7. The van der Waals surface area contributed by atoms with Gasteiger partial charge in [-0.05, 0) is 49.0 Å². The van der Waals surface area contributed by atoms with E-state index in [-0.39, 0.29) is 5.56 Å². The second-order valence-corrected chi connectivity index (χ2v) is 7.27. The van der Waals surface area contributed by atoms with Gasteiger partial charge in [-0.15, -0.1) is 0 Å². The highest BCUT2D eigenvalue weighted by Crippen LogP contribution is 2.24. The number of nitrogens with one attached hydrogen (secondary N) is 2. The summed E-state index contributed by atoms with van der Waals surface area (Å²) in [5.74, 6) is 8.81. The Bertz CT molecular complexity index is 1070. The zero-order valence-corrected chi connectivity index (χ0v) is 17.2. The number of rotatable bonds is 6. The van der Waals surface area contributed by atoms with Gasteiger partial charge in [0.05, 0.1) is 11.1 Å². The fourth-order valence-electron chi connectivity index (χ4n) is 2.33. The van der Waals surface area contributed by atoms with E-state index in [0.717, 1.165) is 14.0 Å². The summed E-state index contributed by atoms with van der Waals surface area (Å²) >= 11 is 1.23. The van der Waals surface area contributed by atoms with Crippen molar-refractivity contribution < 1.29 is 28.3 Å². The number of halogens is 2. The Morgan fingerprint density at radius 1 is 1.26 bits per heavy atom. The van der Waals surface area contributed by atoms with Crippen LogP contribution < -0.4 is 16.5 Å². The standard InChI is InChI=1S/C20H18F2N4O4S/c1-20(30-2,18(21)22)15(17(28)26-29)25-16(27)13-9-7-12(8-10-13)5-3-4-6-14-11-24-19(23)31-14/h7-11,15,18,29H,1-2H3,(H2,23,24)(H,25,27)(H,26,28)/t15-,20?/m1/s1. The van der Waals surface area contributed by atoms with E-state index in [9.17, 15) is 18.4 Å². The highest BCUT2D eigenvalue weighted by molar-refractivity contribution is 7.15. The third-order valence-electron chi connectivity index (χ3n) is 4.22. The third kappa shape index (κ3) is 5.99. The minimum absolute atomic E-state index is 0.0835. The number of ether oxygens (including phenoxy) is 1. The van der Waals surface area contributed by atoms with E-state index >= 15 is 0 Å². The molecule has 0 aliphatic carbocycles. The highest BCUT2D eigenvalue weighted by atomic mass is 32.1. The van der Waals surface area contributed by atoms with Crippen LogP contribution in [0.25, 0.3) is 0 Å². The van der Waals surface area contributed by atoms with E-state index in [1.165, 1.54) is 47.3 Å². The Labute approximate surface area is 180 Å². The molecule has 1 unspecified atom stereocenters. The maximum Gasteiger partial charge on any atom is 0.269 e. The number of carbonyl (C=O) groups is 2. The molecule has 1 heterocycles. The molecule has 2 rings (SSSR count). The van der Waals surface area contributed by atoms with Crippen LogP contribution in [0, 0.1) is 23.7 Å². The molecule has 0 aliphatic rings. The van der Waals surface area contributed by atoms with Gasteiger partial charge < -0.3 is 15.8 Å². The normalized spacial score (nSPS) is 13.1. The number of thiazole rings is 1. The molecule has 8 nitrogen and oxygen atoms in total. The molecular weight excluding hydrogens is 430 g/mol. The first-order valence-corrected chi connectivity index (χ1v) is 9.44. The van der Waals surface area contributed by atoms with Gasteiger partial charge in [-0.2, -0.15) is 0 Å². The monoisotopic (exact) mass is 448 g/mol. The zero-order chi connectivity index (χ0) is 23.0. The van der Waals surface area contributed by atoms with Gasteiger partial charge in [-0.25, -0.2) is 19.2 Å².